The topological polar surface area (TPSA) is 78.5 Å². The summed E-state index contributed by atoms with van der Waals surface area (Å²) in [5.41, 5.74) is 0.563. The van der Waals surface area contributed by atoms with Crippen molar-refractivity contribution in [2.75, 3.05) is 6.54 Å². The lowest BCUT2D eigenvalue weighted by Crippen LogP contribution is -2.56. The highest BCUT2D eigenvalue weighted by Gasteiger charge is 2.50. The van der Waals surface area contributed by atoms with Crippen LogP contribution in [0.2, 0.25) is 0 Å². The Hall–Kier alpha value is -2.83. The van der Waals surface area contributed by atoms with E-state index in [-0.39, 0.29) is 29.6 Å². The van der Waals surface area contributed by atoms with E-state index in [0.717, 1.165) is 42.9 Å². The number of carbonyl (C=O) groups excluding carboxylic acids is 3. The molecule has 0 bridgehead atoms. The number of nitrogens with zero attached hydrogens (tertiary/aromatic N) is 1. The monoisotopic (exact) mass is 529 g/mol. The van der Waals surface area contributed by atoms with Crippen LogP contribution in [0.5, 0.6) is 0 Å². The maximum Gasteiger partial charge on any atom is 0.251 e. The average molecular weight is 530 g/mol. The number of benzene rings is 2. The van der Waals surface area contributed by atoms with Crippen molar-refractivity contribution in [3.05, 3.63) is 48.0 Å². The Morgan fingerprint density at radius 2 is 1.67 bits per heavy atom. The second-order valence-corrected chi connectivity index (χ2v) is 12.7. The van der Waals surface area contributed by atoms with Crippen molar-refractivity contribution in [2.45, 2.75) is 89.7 Å². The molecule has 208 valence electrons. The maximum absolute atomic E-state index is 14.3. The molecular weight excluding hydrogens is 485 g/mol. The Morgan fingerprint density at radius 1 is 0.923 bits per heavy atom. The molecule has 5 atom stereocenters. The first-order valence-electron chi connectivity index (χ1n) is 15.2. The SMILES string of the molecule is B[C@@H](NC(=O)[C@@H]1[C@H]2CCC[C@H]2CN1C(=O)[C@@H](CC1CCCCC1)NC(=O)c1ccc2ccccc2c1)C(C)C. The fourth-order valence-corrected chi connectivity index (χ4v) is 7.09. The van der Waals surface area contributed by atoms with Crippen molar-refractivity contribution in [1.82, 2.24) is 15.5 Å². The van der Waals surface area contributed by atoms with Crippen LogP contribution < -0.4 is 10.6 Å². The Bertz CT molecular complexity index is 1190. The van der Waals surface area contributed by atoms with E-state index in [1.807, 2.05) is 55.2 Å². The zero-order valence-corrected chi connectivity index (χ0v) is 23.8. The molecule has 1 saturated heterocycles. The number of fused-ring (bicyclic) bond motifs is 2. The third-order valence-electron chi connectivity index (χ3n) is 9.72. The van der Waals surface area contributed by atoms with Crippen molar-refractivity contribution in [3.8, 4) is 0 Å². The molecule has 3 aliphatic rings. The minimum Gasteiger partial charge on any atom is -0.359 e. The molecule has 0 radical (unpaired) electrons. The van der Waals surface area contributed by atoms with E-state index in [0.29, 0.717) is 36.3 Å². The van der Waals surface area contributed by atoms with Crippen LogP contribution in [0.15, 0.2) is 42.5 Å². The molecule has 39 heavy (non-hydrogen) atoms. The Balaban J connectivity index is 1.39. The normalized spacial score (nSPS) is 24.9. The molecule has 3 amide bonds. The van der Waals surface area contributed by atoms with E-state index in [1.165, 1.54) is 19.3 Å². The highest BCUT2D eigenvalue weighted by atomic mass is 16.2. The predicted molar refractivity (Wildman–Crippen MR) is 158 cm³/mol. The molecule has 3 fully saturated rings. The van der Waals surface area contributed by atoms with E-state index < -0.39 is 12.1 Å². The van der Waals surface area contributed by atoms with Gasteiger partial charge in [0.2, 0.25) is 11.8 Å². The van der Waals surface area contributed by atoms with E-state index in [2.05, 4.69) is 24.5 Å². The first-order valence-corrected chi connectivity index (χ1v) is 15.2. The number of rotatable bonds is 8. The van der Waals surface area contributed by atoms with Gasteiger partial charge in [0.1, 0.15) is 19.9 Å². The van der Waals surface area contributed by atoms with Crippen LogP contribution in [0.4, 0.5) is 0 Å². The van der Waals surface area contributed by atoms with Crippen LogP contribution in [0, 0.1) is 23.7 Å². The number of nitrogens with one attached hydrogen (secondary N) is 2. The fourth-order valence-electron chi connectivity index (χ4n) is 7.09. The van der Waals surface area contributed by atoms with Gasteiger partial charge < -0.3 is 15.5 Å². The number of likely N-dealkylation sites (tertiary alicyclic amines) is 1. The lowest BCUT2D eigenvalue weighted by molar-refractivity contribution is -0.141. The second-order valence-electron chi connectivity index (χ2n) is 12.7. The summed E-state index contributed by atoms with van der Waals surface area (Å²) in [6, 6.07) is 12.6. The number of hydrogen-bond donors (Lipinski definition) is 2. The first kappa shape index (κ1) is 27.7. The zero-order chi connectivity index (χ0) is 27.5. The summed E-state index contributed by atoms with van der Waals surface area (Å²) in [6.45, 7) is 4.82. The highest BCUT2D eigenvalue weighted by Crippen LogP contribution is 2.43. The largest absolute Gasteiger partial charge is 0.359 e. The molecule has 5 rings (SSSR count). The van der Waals surface area contributed by atoms with E-state index >= 15 is 0 Å². The van der Waals surface area contributed by atoms with Crippen molar-refractivity contribution in [3.63, 3.8) is 0 Å². The van der Waals surface area contributed by atoms with Gasteiger partial charge in [-0.3, -0.25) is 14.4 Å². The minimum atomic E-state index is -0.622. The third kappa shape index (κ3) is 6.18. The number of hydrogen-bond acceptors (Lipinski definition) is 3. The quantitative estimate of drug-likeness (QED) is 0.502. The summed E-state index contributed by atoms with van der Waals surface area (Å²) < 4.78 is 0. The van der Waals surface area contributed by atoms with Gasteiger partial charge in [0.15, 0.2) is 0 Å². The van der Waals surface area contributed by atoms with E-state index in [1.54, 1.807) is 0 Å². The van der Waals surface area contributed by atoms with Crippen LogP contribution in [0.1, 0.15) is 82.0 Å². The Morgan fingerprint density at radius 3 is 2.41 bits per heavy atom. The van der Waals surface area contributed by atoms with Crippen molar-refractivity contribution >= 4 is 36.3 Å². The van der Waals surface area contributed by atoms with Gasteiger partial charge in [-0.2, -0.15) is 0 Å². The molecule has 0 aromatic heterocycles. The average Bonchev–Trinajstić information content (AvgIpc) is 3.54. The molecule has 1 aliphatic heterocycles. The maximum atomic E-state index is 14.3. The molecule has 2 aromatic carbocycles. The van der Waals surface area contributed by atoms with Gasteiger partial charge in [-0.05, 0) is 71.8 Å². The van der Waals surface area contributed by atoms with Crippen LogP contribution >= 0.6 is 0 Å². The molecular formula is C32H44BN3O3. The highest BCUT2D eigenvalue weighted by molar-refractivity contribution is 6.13. The minimum absolute atomic E-state index is 0.0313. The van der Waals surface area contributed by atoms with Crippen molar-refractivity contribution in [2.24, 2.45) is 23.7 Å². The molecule has 2 saturated carbocycles. The van der Waals surface area contributed by atoms with Gasteiger partial charge in [0, 0.05) is 12.1 Å². The standard InChI is InChI=1S/C32H44BN3O3/c1-20(2)29(33)35-31(38)28-26-14-8-13-25(26)19-36(28)32(39)27(17-21-9-4-3-5-10-21)34-30(37)24-16-15-22-11-6-7-12-23(22)18-24/h6-7,11-12,15-16,18,20-21,25-29H,3-5,8-10,13-14,17,19,33H2,1-2H3,(H,34,37)(H,35,38)/t25-,26-,27+,28-,29-/m0/s1. The van der Waals surface area contributed by atoms with E-state index in [9.17, 15) is 14.4 Å². The summed E-state index contributed by atoms with van der Waals surface area (Å²) in [4.78, 5) is 43.3. The van der Waals surface area contributed by atoms with Gasteiger partial charge >= 0.3 is 0 Å². The summed E-state index contributed by atoms with van der Waals surface area (Å²) in [7, 11) is 2.03. The summed E-state index contributed by atoms with van der Waals surface area (Å²) in [6.07, 6.45) is 9.59. The molecule has 2 N–H and O–H groups in total. The summed E-state index contributed by atoms with van der Waals surface area (Å²) in [5, 5.41) is 8.43. The molecule has 2 aliphatic carbocycles. The van der Waals surface area contributed by atoms with Crippen molar-refractivity contribution < 1.29 is 14.4 Å². The number of carbonyl (C=O) groups is 3. The third-order valence-corrected chi connectivity index (χ3v) is 9.72. The van der Waals surface area contributed by atoms with E-state index in [4.69, 9.17) is 0 Å². The van der Waals surface area contributed by atoms with Crippen LogP contribution in [-0.2, 0) is 9.59 Å². The first-order chi connectivity index (χ1) is 18.8. The van der Waals surface area contributed by atoms with Gasteiger partial charge in [0.05, 0.1) is 0 Å². The Kier molecular flexibility index (Phi) is 8.63. The summed E-state index contributed by atoms with van der Waals surface area (Å²) in [5.74, 6) is 1.02. The molecule has 0 unspecified atom stereocenters. The lowest BCUT2D eigenvalue weighted by atomic mass is 9.84. The van der Waals surface area contributed by atoms with Gasteiger partial charge in [-0.1, -0.05) is 82.7 Å². The van der Waals surface area contributed by atoms with Gasteiger partial charge in [0.25, 0.3) is 5.91 Å². The Labute approximate surface area is 234 Å². The molecule has 1 heterocycles. The fraction of sp³-hybridized carbons (Fsp3) is 0.594. The zero-order valence-electron chi connectivity index (χ0n) is 23.8. The second kappa shape index (κ2) is 12.1. The van der Waals surface area contributed by atoms with Crippen LogP contribution in [0.25, 0.3) is 10.8 Å². The molecule has 0 spiro atoms. The molecule has 6 nitrogen and oxygen atoms in total. The van der Waals surface area contributed by atoms with Gasteiger partial charge in [-0.25, -0.2) is 0 Å². The lowest BCUT2D eigenvalue weighted by Gasteiger charge is -2.33. The molecule has 7 heteroatoms. The summed E-state index contributed by atoms with van der Waals surface area (Å²) >= 11 is 0. The molecule has 2 aromatic rings. The van der Waals surface area contributed by atoms with Crippen LogP contribution in [0.3, 0.4) is 0 Å². The van der Waals surface area contributed by atoms with Crippen LogP contribution in [-0.4, -0.2) is 55.0 Å². The predicted octanol–water partition coefficient (Wildman–Crippen LogP) is 4.27. The van der Waals surface area contributed by atoms with Gasteiger partial charge in [-0.15, -0.1) is 0 Å². The smallest absolute Gasteiger partial charge is 0.251 e. The number of amides is 3. The van der Waals surface area contributed by atoms with Crippen molar-refractivity contribution in [1.29, 1.82) is 0 Å².